The van der Waals surface area contributed by atoms with Crippen molar-refractivity contribution in [2.75, 3.05) is 4.90 Å². The number of anilines is 3. The first kappa shape index (κ1) is 41.2. The summed E-state index contributed by atoms with van der Waals surface area (Å²) in [7, 11) is -2.85. The van der Waals surface area contributed by atoms with Crippen molar-refractivity contribution in [2.45, 2.75) is 12.3 Å². The van der Waals surface area contributed by atoms with E-state index in [1.165, 1.54) is 92.6 Å². The minimum atomic E-state index is -2.85. The van der Waals surface area contributed by atoms with Crippen molar-refractivity contribution in [2.24, 2.45) is 0 Å². The van der Waals surface area contributed by atoms with Crippen LogP contribution in [-0.2, 0) is 5.41 Å². The number of fused-ring (bicyclic) bond motifs is 9. The molecule has 0 amide bonds. The molecule has 14 rings (SSSR count). The monoisotopic (exact) mass is 920 g/mol. The third kappa shape index (κ3) is 6.00. The van der Waals surface area contributed by atoms with E-state index in [4.69, 9.17) is 0 Å². The number of aryl methyl sites for hydroxylation is 1. The van der Waals surface area contributed by atoms with Gasteiger partial charge in [0.25, 0.3) is 0 Å². The first-order chi connectivity index (χ1) is 35.1. The zero-order valence-corrected chi connectivity index (χ0v) is 40.4. The first-order valence-corrected chi connectivity index (χ1v) is 26.8. The minimum absolute atomic E-state index is 0.553. The Balaban J connectivity index is 1.07. The standard InChI is InChI=1S/C68H48N2Si/c1-47-42-53(44-55(43-47)71(54-28-12-5-13-29-54)66-36-20-16-32-59(66)60-33-17-21-37-67(60)71)69(51-39-41-65-61(45-51)58-31-15-19-35-64(58)70(65)50-26-10-4-11-27-50)52-38-40-57-56-30-14-18-34-62(56)68(63(57)46-52,48-22-6-2-7-23-48)49-24-8-3-9-25-49/h2-46H,1H3. The molecule has 0 saturated heterocycles. The van der Waals surface area contributed by atoms with Gasteiger partial charge < -0.3 is 9.47 Å². The van der Waals surface area contributed by atoms with Crippen LogP contribution in [0.5, 0.6) is 0 Å². The molecule has 334 valence electrons. The highest BCUT2D eigenvalue weighted by atomic mass is 28.3. The molecular formula is C68H48N2Si. The number of hydrogen-bond acceptors (Lipinski definition) is 1. The van der Waals surface area contributed by atoms with Crippen LogP contribution < -0.4 is 25.6 Å². The number of rotatable bonds is 8. The van der Waals surface area contributed by atoms with Crippen molar-refractivity contribution >= 4 is 67.7 Å². The summed E-state index contributed by atoms with van der Waals surface area (Å²) in [5.41, 5.74) is 17.9. The van der Waals surface area contributed by atoms with E-state index in [1.54, 1.807) is 0 Å². The highest BCUT2D eigenvalue weighted by molar-refractivity contribution is 7.22. The van der Waals surface area contributed by atoms with Crippen LogP contribution in [0, 0.1) is 6.92 Å². The lowest BCUT2D eigenvalue weighted by Crippen LogP contribution is -2.72. The fraction of sp³-hybridized carbons (Fsp3) is 0.0294. The SMILES string of the molecule is Cc1cc(N(c2ccc3c(c2)C(c2ccccc2)(c2ccccc2)c2ccccc2-3)c2ccc3c(c2)c2ccccc2n3-c2ccccc2)cc([Si]2(c3ccccc3)c3ccccc3-c3ccccc32)c1. The number of hydrogen-bond donors (Lipinski definition) is 0. The first-order valence-electron chi connectivity index (χ1n) is 24.8. The van der Waals surface area contributed by atoms with E-state index in [1.807, 2.05) is 0 Å². The molecule has 2 aliphatic rings. The van der Waals surface area contributed by atoms with Crippen molar-refractivity contribution in [3.05, 3.63) is 301 Å². The molecule has 1 aromatic heterocycles. The van der Waals surface area contributed by atoms with E-state index < -0.39 is 13.5 Å². The number of aromatic nitrogens is 1. The van der Waals surface area contributed by atoms with Gasteiger partial charge in [0.15, 0.2) is 8.07 Å². The summed E-state index contributed by atoms with van der Waals surface area (Å²) < 4.78 is 2.41. The summed E-state index contributed by atoms with van der Waals surface area (Å²) in [5.74, 6) is 0. The maximum atomic E-state index is 2.55. The van der Waals surface area contributed by atoms with Gasteiger partial charge in [-0.3, -0.25) is 0 Å². The van der Waals surface area contributed by atoms with E-state index in [9.17, 15) is 0 Å². The lowest BCUT2D eigenvalue weighted by atomic mass is 9.67. The molecule has 0 spiro atoms. The molecule has 0 radical (unpaired) electrons. The summed E-state index contributed by atoms with van der Waals surface area (Å²) in [6.45, 7) is 2.29. The van der Waals surface area contributed by atoms with Gasteiger partial charge in [0.05, 0.1) is 16.4 Å². The molecule has 11 aromatic carbocycles. The largest absolute Gasteiger partial charge is 0.310 e. The van der Waals surface area contributed by atoms with Crippen molar-refractivity contribution < 1.29 is 0 Å². The molecule has 0 fully saturated rings. The summed E-state index contributed by atoms with van der Waals surface area (Å²) in [6, 6.07) is 103. The second-order valence-electron chi connectivity index (χ2n) is 19.2. The molecule has 0 unspecified atom stereocenters. The number of nitrogens with zero attached hydrogens (tertiary/aromatic N) is 2. The Kier molecular flexibility index (Phi) is 9.39. The summed E-state index contributed by atoms with van der Waals surface area (Å²) in [5, 5.41) is 8.09. The molecule has 0 N–H and O–H groups in total. The van der Waals surface area contributed by atoms with E-state index in [-0.39, 0.29) is 0 Å². The maximum Gasteiger partial charge on any atom is 0.180 e. The third-order valence-electron chi connectivity index (χ3n) is 15.5. The van der Waals surface area contributed by atoms with E-state index in [2.05, 4.69) is 289 Å². The fourth-order valence-electron chi connectivity index (χ4n) is 12.8. The number of para-hydroxylation sites is 2. The molecule has 71 heavy (non-hydrogen) atoms. The molecule has 2 nitrogen and oxygen atoms in total. The summed E-state index contributed by atoms with van der Waals surface area (Å²) >= 11 is 0. The van der Waals surface area contributed by atoms with Gasteiger partial charge in [0.1, 0.15) is 0 Å². The second kappa shape index (κ2) is 16.2. The van der Waals surface area contributed by atoms with Crippen LogP contribution in [-0.4, -0.2) is 12.6 Å². The Morgan fingerprint density at radius 2 is 0.873 bits per heavy atom. The molecular weight excluding hydrogens is 873 g/mol. The zero-order valence-electron chi connectivity index (χ0n) is 39.4. The van der Waals surface area contributed by atoms with E-state index in [0.29, 0.717) is 0 Å². The molecule has 1 aliphatic heterocycles. The van der Waals surface area contributed by atoms with Gasteiger partial charge in [-0.05, 0) is 138 Å². The molecule has 12 aromatic rings. The molecule has 3 heteroatoms. The molecule has 0 atom stereocenters. The quantitative estimate of drug-likeness (QED) is 0.138. The lowest BCUT2D eigenvalue weighted by molar-refractivity contribution is 0.768. The predicted octanol–water partition coefficient (Wildman–Crippen LogP) is 14.3. The van der Waals surface area contributed by atoms with Gasteiger partial charge in [-0.25, -0.2) is 0 Å². The van der Waals surface area contributed by atoms with Gasteiger partial charge >= 0.3 is 0 Å². The smallest absolute Gasteiger partial charge is 0.180 e. The molecule has 0 saturated carbocycles. The van der Waals surface area contributed by atoms with Crippen LogP contribution in [0.15, 0.2) is 273 Å². The van der Waals surface area contributed by atoms with Crippen LogP contribution >= 0.6 is 0 Å². The van der Waals surface area contributed by atoms with Crippen LogP contribution in [0.4, 0.5) is 17.1 Å². The van der Waals surface area contributed by atoms with Gasteiger partial charge in [0.2, 0.25) is 0 Å². The van der Waals surface area contributed by atoms with Crippen LogP contribution in [0.3, 0.4) is 0 Å². The van der Waals surface area contributed by atoms with Crippen molar-refractivity contribution in [1.29, 1.82) is 0 Å². The Hall–Kier alpha value is -8.76. The van der Waals surface area contributed by atoms with Crippen LogP contribution in [0.2, 0.25) is 0 Å². The number of benzene rings is 11. The molecule has 2 heterocycles. The second-order valence-corrected chi connectivity index (χ2v) is 23.0. The van der Waals surface area contributed by atoms with Crippen molar-refractivity contribution in [3.8, 4) is 27.9 Å². The fourth-order valence-corrected chi connectivity index (χ4v) is 18.1. The topological polar surface area (TPSA) is 8.17 Å². The average molecular weight is 921 g/mol. The predicted molar refractivity (Wildman–Crippen MR) is 300 cm³/mol. The minimum Gasteiger partial charge on any atom is -0.310 e. The van der Waals surface area contributed by atoms with E-state index in [0.717, 1.165) is 22.7 Å². The van der Waals surface area contributed by atoms with Gasteiger partial charge in [0, 0.05) is 33.5 Å². The zero-order chi connectivity index (χ0) is 47.1. The van der Waals surface area contributed by atoms with Crippen molar-refractivity contribution in [3.63, 3.8) is 0 Å². The van der Waals surface area contributed by atoms with Crippen LogP contribution in [0.1, 0.15) is 27.8 Å². The van der Waals surface area contributed by atoms with E-state index >= 15 is 0 Å². The van der Waals surface area contributed by atoms with Gasteiger partial charge in [-0.2, -0.15) is 0 Å². The van der Waals surface area contributed by atoms with Crippen molar-refractivity contribution in [1.82, 2.24) is 4.57 Å². The van der Waals surface area contributed by atoms with Gasteiger partial charge in [-0.15, -0.1) is 0 Å². The molecule has 1 aliphatic carbocycles. The molecule has 0 bridgehead atoms. The summed E-state index contributed by atoms with van der Waals surface area (Å²) in [6.07, 6.45) is 0. The summed E-state index contributed by atoms with van der Waals surface area (Å²) in [4.78, 5) is 2.55. The Morgan fingerprint density at radius 3 is 1.56 bits per heavy atom. The highest BCUT2D eigenvalue weighted by Gasteiger charge is 2.49. The Morgan fingerprint density at radius 1 is 0.352 bits per heavy atom. The third-order valence-corrected chi connectivity index (χ3v) is 20.4. The Labute approximate surface area is 416 Å². The Bertz CT molecular complexity index is 3920. The lowest BCUT2D eigenvalue weighted by Gasteiger charge is -2.35. The van der Waals surface area contributed by atoms with Gasteiger partial charge in [-0.1, -0.05) is 212 Å². The maximum absolute atomic E-state index is 2.85. The van der Waals surface area contributed by atoms with Crippen LogP contribution in [0.25, 0.3) is 49.7 Å². The normalized spacial score (nSPS) is 13.6. The highest BCUT2D eigenvalue weighted by Crippen LogP contribution is 2.57. The average Bonchev–Trinajstić information content (AvgIpc) is 4.05.